The highest BCUT2D eigenvalue weighted by Crippen LogP contribution is 2.33. The van der Waals surface area contributed by atoms with Gasteiger partial charge in [-0.1, -0.05) is 26.7 Å². The zero-order valence-electron chi connectivity index (χ0n) is 12.7. The molecule has 0 aromatic carbocycles. The smallest absolute Gasteiger partial charge is 0.315 e. The molecular weight excluding hydrogens is 256 g/mol. The third-order valence-corrected chi connectivity index (χ3v) is 4.42. The second-order valence-electron chi connectivity index (χ2n) is 5.82. The van der Waals surface area contributed by atoms with Gasteiger partial charge in [0, 0.05) is 19.0 Å². The fourth-order valence-corrected chi connectivity index (χ4v) is 3.03. The summed E-state index contributed by atoms with van der Waals surface area (Å²) in [5, 5.41) is 14.4. The summed E-state index contributed by atoms with van der Waals surface area (Å²) in [6.07, 6.45) is 6.03. The Labute approximate surface area is 121 Å². The molecule has 1 fully saturated rings. The number of amides is 2. The molecule has 5 nitrogen and oxygen atoms in total. The molecule has 2 amide bonds. The molecular formula is C15H28N2O3. The van der Waals surface area contributed by atoms with Crippen LogP contribution in [0.3, 0.4) is 0 Å². The fourth-order valence-electron chi connectivity index (χ4n) is 3.03. The molecule has 1 rings (SSSR count). The first-order valence-electron chi connectivity index (χ1n) is 7.80. The summed E-state index contributed by atoms with van der Waals surface area (Å²) < 4.78 is 0. The van der Waals surface area contributed by atoms with Crippen LogP contribution >= 0.6 is 0 Å². The van der Waals surface area contributed by atoms with Crippen molar-refractivity contribution in [1.82, 2.24) is 10.6 Å². The Hall–Kier alpha value is -1.26. The van der Waals surface area contributed by atoms with Gasteiger partial charge in [-0.25, -0.2) is 4.79 Å². The highest BCUT2D eigenvalue weighted by Gasteiger charge is 2.32. The fraction of sp³-hybridized carbons (Fsp3) is 0.867. The summed E-state index contributed by atoms with van der Waals surface area (Å²) in [6, 6.07) is 0.212. The molecule has 0 aromatic rings. The number of carboxylic acid groups (broad SMARTS) is 1. The van der Waals surface area contributed by atoms with Crippen LogP contribution in [-0.4, -0.2) is 29.7 Å². The van der Waals surface area contributed by atoms with Gasteiger partial charge < -0.3 is 15.7 Å². The minimum absolute atomic E-state index is 0.0863. The molecule has 116 valence electrons. The lowest BCUT2D eigenvalue weighted by Crippen LogP contribution is -2.44. The van der Waals surface area contributed by atoms with E-state index in [2.05, 4.69) is 24.5 Å². The molecule has 1 aliphatic carbocycles. The molecule has 20 heavy (non-hydrogen) atoms. The third-order valence-electron chi connectivity index (χ3n) is 4.42. The van der Waals surface area contributed by atoms with E-state index < -0.39 is 5.97 Å². The van der Waals surface area contributed by atoms with Gasteiger partial charge in [-0.3, -0.25) is 4.79 Å². The topological polar surface area (TPSA) is 78.4 Å². The van der Waals surface area contributed by atoms with E-state index in [1.807, 2.05) is 0 Å². The number of hydrogen-bond acceptors (Lipinski definition) is 2. The van der Waals surface area contributed by atoms with Crippen molar-refractivity contribution in [2.24, 2.45) is 11.8 Å². The minimum Gasteiger partial charge on any atom is -0.481 e. The third kappa shape index (κ3) is 5.80. The average Bonchev–Trinajstić information content (AvgIpc) is 2.74. The maximum Gasteiger partial charge on any atom is 0.315 e. The van der Waals surface area contributed by atoms with E-state index >= 15 is 0 Å². The quantitative estimate of drug-likeness (QED) is 0.600. The maximum atomic E-state index is 11.8. The lowest BCUT2D eigenvalue weighted by Gasteiger charge is -2.21. The Morgan fingerprint density at radius 1 is 1.20 bits per heavy atom. The molecule has 0 saturated heterocycles. The van der Waals surface area contributed by atoms with Gasteiger partial charge in [0.15, 0.2) is 0 Å². The predicted octanol–water partition coefficient (Wildman–Crippen LogP) is 2.76. The summed E-state index contributed by atoms with van der Waals surface area (Å²) in [7, 11) is 0. The van der Waals surface area contributed by atoms with Crippen LogP contribution in [0.1, 0.15) is 58.8 Å². The molecule has 3 atom stereocenters. The summed E-state index contributed by atoms with van der Waals surface area (Å²) >= 11 is 0. The highest BCUT2D eigenvalue weighted by molar-refractivity contribution is 5.74. The minimum atomic E-state index is -0.753. The zero-order chi connectivity index (χ0) is 15.0. The number of hydrogen-bond donors (Lipinski definition) is 3. The van der Waals surface area contributed by atoms with E-state index in [0.29, 0.717) is 24.9 Å². The summed E-state index contributed by atoms with van der Waals surface area (Å²) in [5.41, 5.74) is 0. The molecule has 0 radical (unpaired) electrons. The van der Waals surface area contributed by atoms with Crippen molar-refractivity contribution < 1.29 is 14.7 Å². The van der Waals surface area contributed by atoms with E-state index in [0.717, 1.165) is 25.2 Å². The second-order valence-corrected chi connectivity index (χ2v) is 5.82. The van der Waals surface area contributed by atoms with Gasteiger partial charge in [0.05, 0.1) is 0 Å². The van der Waals surface area contributed by atoms with Crippen molar-refractivity contribution in [2.75, 3.05) is 6.54 Å². The van der Waals surface area contributed by atoms with Gasteiger partial charge in [-0.05, 0) is 37.5 Å². The van der Waals surface area contributed by atoms with Crippen LogP contribution in [0.4, 0.5) is 4.79 Å². The van der Waals surface area contributed by atoms with Crippen LogP contribution in [-0.2, 0) is 4.79 Å². The van der Waals surface area contributed by atoms with Crippen molar-refractivity contribution in [3.63, 3.8) is 0 Å². The van der Waals surface area contributed by atoms with Crippen molar-refractivity contribution in [2.45, 2.75) is 64.8 Å². The number of urea groups is 1. The van der Waals surface area contributed by atoms with Crippen LogP contribution in [0, 0.1) is 11.8 Å². The van der Waals surface area contributed by atoms with E-state index in [1.54, 1.807) is 0 Å². The number of unbranched alkanes of at least 4 members (excludes halogenated alkanes) is 2. The Bertz CT molecular complexity index is 320. The standard InChI is InChI=1S/C15H28N2O3/c1-3-12-8-9-13(11(12)2)17-15(20)16-10-6-4-5-7-14(18)19/h11-13H,3-10H2,1-2H3,(H,18,19)(H2,16,17,20). The van der Waals surface area contributed by atoms with E-state index in [1.165, 1.54) is 12.8 Å². The van der Waals surface area contributed by atoms with Crippen molar-refractivity contribution in [3.8, 4) is 0 Å². The summed E-state index contributed by atoms with van der Waals surface area (Å²) in [6.45, 7) is 5.04. The predicted molar refractivity (Wildman–Crippen MR) is 78.6 cm³/mol. The zero-order valence-corrected chi connectivity index (χ0v) is 12.7. The van der Waals surface area contributed by atoms with Gasteiger partial charge in [0.25, 0.3) is 0 Å². The van der Waals surface area contributed by atoms with Crippen molar-refractivity contribution in [1.29, 1.82) is 0 Å². The number of aliphatic carboxylic acids is 1. The van der Waals surface area contributed by atoms with Crippen molar-refractivity contribution in [3.05, 3.63) is 0 Å². The number of nitrogens with one attached hydrogen (secondary N) is 2. The first-order valence-corrected chi connectivity index (χ1v) is 7.80. The number of rotatable bonds is 8. The molecule has 0 spiro atoms. The Kier molecular flexibility index (Phi) is 7.41. The van der Waals surface area contributed by atoms with E-state index in [9.17, 15) is 9.59 Å². The number of carbonyl (C=O) groups is 2. The molecule has 0 aromatic heterocycles. The van der Waals surface area contributed by atoms with Gasteiger partial charge in [-0.15, -0.1) is 0 Å². The molecule has 0 heterocycles. The molecule has 3 unspecified atom stereocenters. The number of carbonyl (C=O) groups excluding carboxylic acids is 1. The van der Waals surface area contributed by atoms with E-state index in [4.69, 9.17) is 5.11 Å². The van der Waals surface area contributed by atoms with E-state index in [-0.39, 0.29) is 12.5 Å². The van der Waals surface area contributed by atoms with Crippen LogP contribution in [0.15, 0.2) is 0 Å². The monoisotopic (exact) mass is 284 g/mol. The molecule has 5 heteroatoms. The second kappa shape index (κ2) is 8.82. The van der Waals surface area contributed by atoms with Crippen LogP contribution in [0.25, 0.3) is 0 Å². The Morgan fingerprint density at radius 2 is 1.95 bits per heavy atom. The SMILES string of the molecule is CCC1CCC(NC(=O)NCCCCCC(=O)O)C1C. The van der Waals surface area contributed by atoms with Gasteiger partial charge in [0.2, 0.25) is 0 Å². The first-order chi connectivity index (χ1) is 9.54. The van der Waals surface area contributed by atoms with Crippen LogP contribution in [0.2, 0.25) is 0 Å². The van der Waals surface area contributed by atoms with Crippen molar-refractivity contribution >= 4 is 12.0 Å². The summed E-state index contributed by atoms with van der Waals surface area (Å²) in [5.74, 6) is 0.536. The van der Waals surface area contributed by atoms with Gasteiger partial charge >= 0.3 is 12.0 Å². The molecule has 1 saturated carbocycles. The van der Waals surface area contributed by atoms with Gasteiger partial charge in [0.1, 0.15) is 0 Å². The highest BCUT2D eigenvalue weighted by atomic mass is 16.4. The lowest BCUT2D eigenvalue weighted by molar-refractivity contribution is -0.137. The first kappa shape index (κ1) is 16.8. The maximum absolute atomic E-state index is 11.8. The van der Waals surface area contributed by atoms with Gasteiger partial charge in [-0.2, -0.15) is 0 Å². The normalized spacial score (nSPS) is 25.4. The van der Waals surface area contributed by atoms with Crippen LogP contribution < -0.4 is 10.6 Å². The molecule has 0 bridgehead atoms. The molecule has 0 aliphatic heterocycles. The lowest BCUT2D eigenvalue weighted by atomic mass is 9.94. The summed E-state index contributed by atoms with van der Waals surface area (Å²) in [4.78, 5) is 22.1. The molecule has 1 aliphatic rings. The Morgan fingerprint density at radius 3 is 2.55 bits per heavy atom. The molecule has 3 N–H and O–H groups in total. The average molecular weight is 284 g/mol. The van der Waals surface area contributed by atoms with Crippen LogP contribution in [0.5, 0.6) is 0 Å². The Balaban J connectivity index is 2.07. The largest absolute Gasteiger partial charge is 0.481 e. The number of carboxylic acids is 1.